The molecule has 0 saturated heterocycles. The highest BCUT2D eigenvalue weighted by atomic mass is 16.6. The van der Waals surface area contributed by atoms with Crippen molar-refractivity contribution in [3.63, 3.8) is 0 Å². The number of hydrogen-bond acceptors (Lipinski definition) is 5. The van der Waals surface area contributed by atoms with E-state index in [1.54, 1.807) is 18.2 Å². The Morgan fingerprint density at radius 2 is 2.00 bits per heavy atom. The molecule has 0 aromatic heterocycles. The Morgan fingerprint density at radius 3 is 2.84 bits per heavy atom. The largest absolute Gasteiger partial charge is 0.482 e. The molecule has 1 amide bonds. The fourth-order valence-corrected chi connectivity index (χ4v) is 2.44. The second-order valence-electron chi connectivity index (χ2n) is 5.59. The lowest BCUT2D eigenvalue weighted by atomic mass is 10.1. The SMILES string of the molecule is O=C1COc2ccc(OCC(=O)OCCCc3ccccc3)cc2N1. The van der Waals surface area contributed by atoms with Gasteiger partial charge in [-0.1, -0.05) is 30.3 Å². The summed E-state index contributed by atoms with van der Waals surface area (Å²) in [5, 5.41) is 2.69. The molecule has 0 unspecified atom stereocenters. The van der Waals surface area contributed by atoms with Crippen molar-refractivity contribution < 1.29 is 23.8 Å². The maximum absolute atomic E-state index is 11.7. The summed E-state index contributed by atoms with van der Waals surface area (Å²) in [4.78, 5) is 23.0. The topological polar surface area (TPSA) is 73.9 Å². The third-order valence-electron chi connectivity index (χ3n) is 3.66. The van der Waals surface area contributed by atoms with Gasteiger partial charge in [0.05, 0.1) is 12.3 Å². The summed E-state index contributed by atoms with van der Waals surface area (Å²) >= 11 is 0. The van der Waals surface area contributed by atoms with Crippen LogP contribution in [-0.2, 0) is 20.7 Å². The van der Waals surface area contributed by atoms with E-state index in [1.165, 1.54) is 5.56 Å². The van der Waals surface area contributed by atoms with Crippen molar-refractivity contribution in [1.82, 2.24) is 0 Å². The molecule has 0 radical (unpaired) electrons. The quantitative estimate of drug-likeness (QED) is 0.619. The van der Waals surface area contributed by atoms with E-state index in [2.05, 4.69) is 5.32 Å². The van der Waals surface area contributed by atoms with Gasteiger partial charge in [0.15, 0.2) is 13.2 Å². The summed E-state index contributed by atoms with van der Waals surface area (Å²) in [5.41, 5.74) is 1.75. The van der Waals surface area contributed by atoms with Crippen LogP contribution in [0.15, 0.2) is 48.5 Å². The van der Waals surface area contributed by atoms with Crippen molar-refractivity contribution in [3.05, 3.63) is 54.1 Å². The second-order valence-corrected chi connectivity index (χ2v) is 5.59. The number of esters is 1. The highest BCUT2D eigenvalue weighted by Gasteiger charge is 2.16. The van der Waals surface area contributed by atoms with Gasteiger partial charge in [0.2, 0.25) is 0 Å². The minimum Gasteiger partial charge on any atom is -0.482 e. The van der Waals surface area contributed by atoms with E-state index in [0.29, 0.717) is 23.8 Å². The van der Waals surface area contributed by atoms with Gasteiger partial charge in [-0.15, -0.1) is 0 Å². The normalized spacial score (nSPS) is 12.6. The van der Waals surface area contributed by atoms with Gasteiger partial charge >= 0.3 is 5.97 Å². The predicted octanol–water partition coefficient (Wildman–Crippen LogP) is 2.57. The lowest BCUT2D eigenvalue weighted by molar-refractivity contribution is -0.146. The van der Waals surface area contributed by atoms with Crippen molar-refractivity contribution in [2.24, 2.45) is 0 Å². The zero-order chi connectivity index (χ0) is 17.5. The zero-order valence-electron chi connectivity index (χ0n) is 13.7. The minimum absolute atomic E-state index is 0.00249. The van der Waals surface area contributed by atoms with Gasteiger partial charge in [0.1, 0.15) is 11.5 Å². The fraction of sp³-hybridized carbons (Fsp3) is 0.263. The molecule has 0 aliphatic carbocycles. The van der Waals surface area contributed by atoms with Crippen LogP contribution in [0.5, 0.6) is 11.5 Å². The predicted molar refractivity (Wildman–Crippen MR) is 91.8 cm³/mol. The molecule has 3 rings (SSSR count). The monoisotopic (exact) mass is 341 g/mol. The van der Waals surface area contributed by atoms with Gasteiger partial charge in [-0.2, -0.15) is 0 Å². The standard InChI is InChI=1S/C19H19NO5/c21-18-12-25-17-9-8-15(11-16(17)20-18)24-13-19(22)23-10-4-7-14-5-2-1-3-6-14/h1-3,5-6,8-9,11H,4,7,10,12-13H2,(H,20,21). The van der Waals surface area contributed by atoms with Crippen LogP contribution in [0.4, 0.5) is 5.69 Å². The summed E-state index contributed by atoms with van der Waals surface area (Å²) in [6, 6.07) is 15.0. The van der Waals surface area contributed by atoms with Crippen LogP contribution in [0.1, 0.15) is 12.0 Å². The van der Waals surface area contributed by atoms with Crippen LogP contribution < -0.4 is 14.8 Å². The van der Waals surface area contributed by atoms with Gasteiger partial charge in [-0.25, -0.2) is 4.79 Å². The molecule has 0 fully saturated rings. The number of anilines is 1. The van der Waals surface area contributed by atoms with Gasteiger partial charge in [0.25, 0.3) is 5.91 Å². The van der Waals surface area contributed by atoms with E-state index in [1.807, 2.05) is 30.3 Å². The van der Waals surface area contributed by atoms with Crippen LogP contribution in [0.25, 0.3) is 0 Å². The smallest absolute Gasteiger partial charge is 0.344 e. The van der Waals surface area contributed by atoms with E-state index in [0.717, 1.165) is 12.8 Å². The molecule has 1 aliphatic heterocycles. The molecular formula is C19H19NO5. The van der Waals surface area contributed by atoms with Crippen LogP contribution in [-0.4, -0.2) is 31.7 Å². The molecule has 1 aliphatic rings. The second kappa shape index (κ2) is 8.19. The summed E-state index contributed by atoms with van der Waals surface area (Å²) in [6.07, 6.45) is 1.62. The number of benzene rings is 2. The fourth-order valence-electron chi connectivity index (χ4n) is 2.44. The maximum Gasteiger partial charge on any atom is 0.344 e. The number of rotatable bonds is 7. The Kier molecular flexibility index (Phi) is 5.51. The van der Waals surface area contributed by atoms with Gasteiger partial charge < -0.3 is 19.5 Å². The molecule has 1 heterocycles. The highest BCUT2D eigenvalue weighted by Crippen LogP contribution is 2.31. The molecule has 0 atom stereocenters. The van der Waals surface area contributed by atoms with Crippen molar-refractivity contribution in [2.45, 2.75) is 12.8 Å². The molecule has 6 heteroatoms. The average Bonchev–Trinajstić information content (AvgIpc) is 2.64. The first-order valence-corrected chi connectivity index (χ1v) is 8.10. The maximum atomic E-state index is 11.7. The number of carbonyl (C=O) groups excluding carboxylic acids is 2. The lowest BCUT2D eigenvalue weighted by Gasteiger charge is -2.18. The summed E-state index contributed by atoms with van der Waals surface area (Å²) in [7, 11) is 0. The third-order valence-corrected chi connectivity index (χ3v) is 3.66. The first kappa shape index (κ1) is 16.8. The molecule has 2 aromatic carbocycles. The van der Waals surface area contributed by atoms with Crippen molar-refractivity contribution >= 4 is 17.6 Å². The van der Waals surface area contributed by atoms with Gasteiger partial charge in [-0.3, -0.25) is 4.79 Å². The summed E-state index contributed by atoms with van der Waals surface area (Å²) in [5.74, 6) is 0.398. The summed E-state index contributed by atoms with van der Waals surface area (Å²) in [6.45, 7) is 0.173. The molecule has 1 N–H and O–H groups in total. The highest BCUT2D eigenvalue weighted by molar-refractivity contribution is 5.95. The van der Waals surface area contributed by atoms with Crippen LogP contribution in [0, 0.1) is 0 Å². The van der Waals surface area contributed by atoms with Gasteiger partial charge in [0, 0.05) is 6.07 Å². The summed E-state index contributed by atoms with van der Waals surface area (Å²) < 4.78 is 15.8. The first-order chi connectivity index (χ1) is 12.2. The number of nitrogens with one attached hydrogen (secondary N) is 1. The molecule has 0 spiro atoms. The van der Waals surface area contributed by atoms with Crippen LogP contribution in [0.3, 0.4) is 0 Å². The average molecular weight is 341 g/mol. The molecular weight excluding hydrogens is 322 g/mol. The van der Waals surface area contributed by atoms with Crippen molar-refractivity contribution in [3.8, 4) is 11.5 Å². The molecule has 6 nitrogen and oxygen atoms in total. The Hall–Kier alpha value is -3.02. The third kappa shape index (κ3) is 4.97. The van der Waals surface area contributed by atoms with E-state index >= 15 is 0 Å². The number of amides is 1. The number of hydrogen-bond donors (Lipinski definition) is 1. The Morgan fingerprint density at radius 1 is 1.16 bits per heavy atom. The Balaban J connectivity index is 1.39. The number of ether oxygens (including phenoxy) is 3. The minimum atomic E-state index is -0.425. The molecule has 130 valence electrons. The van der Waals surface area contributed by atoms with E-state index in [9.17, 15) is 9.59 Å². The van der Waals surface area contributed by atoms with Crippen LogP contribution in [0.2, 0.25) is 0 Å². The molecule has 25 heavy (non-hydrogen) atoms. The molecule has 2 aromatic rings. The number of aryl methyl sites for hydroxylation is 1. The first-order valence-electron chi connectivity index (χ1n) is 8.10. The van der Waals surface area contributed by atoms with Crippen LogP contribution >= 0.6 is 0 Å². The molecule has 0 bridgehead atoms. The van der Waals surface area contributed by atoms with Crippen molar-refractivity contribution in [2.75, 3.05) is 25.1 Å². The van der Waals surface area contributed by atoms with E-state index < -0.39 is 5.97 Å². The Labute approximate surface area is 145 Å². The van der Waals surface area contributed by atoms with Crippen molar-refractivity contribution in [1.29, 1.82) is 0 Å². The molecule has 0 saturated carbocycles. The van der Waals surface area contributed by atoms with E-state index in [-0.39, 0.29) is 19.1 Å². The zero-order valence-corrected chi connectivity index (χ0v) is 13.7. The van der Waals surface area contributed by atoms with E-state index in [4.69, 9.17) is 14.2 Å². The number of fused-ring (bicyclic) bond motifs is 1. The lowest BCUT2D eigenvalue weighted by Crippen LogP contribution is -2.25. The van der Waals surface area contributed by atoms with Gasteiger partial charge in [-0.05, 0) is 30.5 Å². The number of carbonyl (C=O) groups is 2. The Bertz CT molecular complexity index is 745.